The van der Waals surface area contributed by atoms with Crippen molar-refractivity contribution in [1.29, 1.82) is 0 Å². The van der Waals surface area contributed by atoms with Gasteiger partial charge in [0.2, 0.25) is 5.76 Å². The van der Waals surface area contributed by atoms with Gasteiger partial charge in [-0.15, -0.1) is 0 Å². The number of allylic oxidation sites excluding steroid dienone is 2. The zero-order valence-corrected chi connectivity index (χ0v) is 35.6. The predicted octanol–water partition coefficient (Wildman–Crippen LogP) is 9.33. The van der Waals surface area contributed by atoms with Crippen LogP contribution in [0.25, 0.3) is 0 Å². The highest BCUT2D eigenvalue weighted by Gasteiger charge is 2.64. The molecule has 5 heterocycles. The van der Waals surface area contributed by atoms with Crippen molar-refractivity contribution in [2.24, 2.45) is 46.8 Å². The molecule has 3 bridgehead atoms. The number of hydrogen-bond donors (Lipinski definition) is 2. The van der Waals surface area contributed by atoms with Crippen molar-refractivity contribution in [2.75, 3.05) is 31.8 Å². The van der Waals surface area contributed by atoms with Crippen LogP contribution in [0.1, 0.15) is 108 Å². The SMILES string of the molecule is CCCCCc1cccc(C2C3CC4C5C(=CCCN4C4C(O)C6CC(C)CC=C6CSSCC6CCC2(C6)CC34)OC(=C2OC(=O)C(CO)=C2OC)C5C)c1. The molecule has 3 aliphatic carbocycles. The Bertz CT molecular complexity index is 1800. The van der Waals surface area contributed by atoms with Crippen molar-refractivity contribution in [3.63, 3.8) is 0 Å². The normalized spacial score (nSPS) is 40.9. The van der Waals surface area contributed by atoms with E-state index in [1.807, 2.05) is 10.8 Å². The van der Waals surface area contributed by atoms with E-state index < -0.39 is 18.7 Å². The van der Waals surface area contributed by atoms with Crippen molar-refractivity contribution >= 4 is 27.6 Å². The number of carbonyl (C=O) groups is 1. The van der Waals surface area contributed by atoms with Gasteiger partial charge >= 0.3 is 5.97 Å². The number of nitrogens with zero attached hydrogens (tertiary/aromatic N) is 1. The Labute approximate surface area is 342 Å². The average molecular weight is 802 g/mol. The van der Waals surface area contributed by atoms with Crippen LogP contribution in [0.15, 0.2) is 70.6 Å². The van der Waals surface area contributed by atoms with Gasteiger partial charge in [0.1, 0.15) is 11.3 Å². The van der Waals surface area contributed by atoms with Crippen LogP contribution in [-0.2, 0) is 25.4 Å². The summed E-state index contributed by atoms with van der Waals surface area (Å²) >= 11 is 0. The molecule has 3 saturated heterocycles. The van der Waals surface area contributed by atoms with Gasteiger partial charge in [-0.2, -0.15) is 0 Å². The van der Waals surface area contributed by atoms with Crippen molar-refractivity contribution in [3.8, 4) is 0 Å². The Morgan fingerprint density at radius 3 is 2.77 bits per heavy atom. The van der Waals surface area contributed by atoms with E-state index in [-0.39, 0.29) is 46.6 Å². The van der Waals surface area contributed by atoms with Crippen molar-refractivity contribution in [2.45, 2.75) is 122 Å². The number of unbranched alkanes of at least 4 members (excludes halogenated alkanes) is 2. The van der Waals surface area contributed by atoms with Crippen LogP contribution in [0.5, 0.6) is 0 Å². The quantitative estimate of drug-likeness (QED) is 0.121. The van der Waals surface area contributed by atoms with Gasteiger partial charge in [0.25, 0.3) is 0 Å². The van der Waals surface area contributed by atoms with Gasteiger partial charge in [-0.1, -0.05) is 91.1 Å². The summed E-state index contributed by atoms with van der Waals surface area (Å²) in [4.78, 5) is 15.7. The fourth-order valence-electron chi connectivity index (χ4n) is 13.3. The number of piperidine rings is 1. The number of methoxy groups -OCH3 is 1. The Morgan fingerprint density at radius 2 is 1.95 bits per heavy atom. The van der Waals surface area contributed by atoms with E-state index in [9.17, 15) is 15.0 Å². The van der Waals surface area contributed by atoms with Crippen LogP contribution in [0.2, 0.25) is 0 Å². The molecule has 2 N–H and O–H groups in total. The first-order chi connectivity index (χ1) is 27.2. The highest BCUT2D eigenvalue weighted by Crippen LogP contribution is 2.69. The van der Waals surface area contributed by atoms with Crippen LogP contribution in [0, 0.1) is 46.8 Å². The molecule has 0 aromatic heterocycles. The predicted molar refractivity (Wildman–Crippen MR) is 224 cm³/mol. The highest BCUT2D eigenvalue weighted by molar-refractivity contribution is 8.76. The van der Waals surface area contributed by atoms with E-state index in [2.05, 4.69) is 72.9 Å². The number of carbonyl (C=O) groups excluding carboxylic acids is 1. The Balaban J connectivity index is 1.17. The Hall–Kier alpha value is -2.17. The van der Waals surface area contributed by atoms with Crippen LogP contribution in [-0.4, -0.2) is 71.0 Å². The van der Waals surface area contributed by atoms with E-state index in [1.165, 1.54) is 68.9 Å². The number of hydrogen-bond acceptors (Lipinski definition) is 9. The van der Waals surface area contributed by atoms with Gasteiger partial charge < -0.3 is 24.4 Å². The lowest BCUT2D eigenvalue weighted by Crippen LogP contribution is -2.62. The summed E-state index contributed by atoms with van der Waals surface area (Å²) in [5, 5.41) is 23.3. The Morgan fingerprint density at radius 1 is 1.07 bits per heavy atom. The fraction of sp³-hybridized carbons (Fsp3) is 0.681. The third-order valence-electron chi connectivity index (χ3n) is 15.6. The van der Waals surface area contributed by atoms with E-state index in [4.69, 9.17) is 14.2 Å². The molecule has 0 radical (unpaired) electrons. The smallest absolute Gasteiger partial charge is 0.345 e. The van der Waals surface area contributed by atoms with Gasteiger partial charge in [-0.3, -0.25) is 4.90 Å². The second-order valence-corrected chi connectivity index (χ2v) is 21.3. The monoisotopic (exact) mass is 801 g/mol. The van der Waals surface area contributed by atoms with Crippen LogP contribution < -0.4 is 0 Å². The number of aliphatic hydroxyl groups is 2. The standard InChI is InChI=1S/C47H63NO6S2/c1-5-6-7-10-29-11-8-12-31(20-29)40-34-21-37-39-28(3)43(45-44(52-4)36(24-49)46(51)54-45)53-38(39)13-9-18-48(37)41-35(34)23-47(40)17-16-30(22-47)25-55-56-26-32-15-14-27(2)19-33(32)42(41)50/h8,11-13,15,20,27-28,30,33-35,37,39-42,49-50H,5-7,9-10,14,16-19,21-26H2,1-4H3. The van der Waals surface area contributed by atoms with E-state index in [0.29, 0.717) is 35.2 Å². The van der Waals surface area contributed by atoms with Crippen molar-refractivity contribution in [1.82, 2.24) is 4.90 Å². The summed E-state index contributed by atoms with van der Waals surface area (Å²) in [6.07, 6.45) is 18.4. The maximum Gasteiger partial charge on any atom is 0.345 e. The lowest BCUT2D eigenvalue weighted by Gasteiger charge is -2.54. The van der Waals surface area contributed by atoms with Crippen LogP contribution in [0.4, 0.5) is 0 Å². The number of rotatable bonds is 7. The molecular formula is C47H63NO6S2. The average Bonchev–Trinajstić information content (AvgIpc) is 3.90. The zero-order valence-electron chi connectivity index (χ0n) is 33.9. The molecule has 12 unspecified atom stereocenters. The second-order valence-electron chi connectivity index (χ2n) is 18.8. The lowest BCUT2D eigenvalue weighted by molar-refractivity contribution is -0.133. The first-order valence-corrected chi connectivity index (χ1v) is 24.4. The third-order valence-corrected chi connectivity index (χ3v) is 18.1. The first kappa shape index (κ1) is 39.3. The maximum atomic E-state index is 13.3. The van der Waals surface area contributed by atoms with Gasteiger partial charge in [0, 0.05) is 47.9 Å². The first-order valence-electron chi connectivity index (χ1n) is 21.9. The molecule has 1 aromatic carbocycles. The lowest BCUT2D eigenvalue weighted by atomic mass is 9.65. The molecule has 1 aromatic rings. The van der Waals surface area contributed by atoms with Gasteiger partial charge in [-0.25, -0.2) is 4.79 Å². The minimum atomic E-state index is -0.574. The molecule has 304 valence electrons. The molecule has 2 saturated carbocycles. The summed E-state index contributed by atoms with van der Waals surface area (Å²) in [6, 6.07) is 9.99. The molecule has 9 rings (SSSR count). The topological polar surface area (TPSA) is 88.5 Å². The van der Waals surface area contributed by atoms with Crippen molar-refractivity contribution < 1.29 is 29.2 Å². The number of ether oxygens (including phenoxy) is 3. The summed E-state index contributed by atoms with van der Waals surface area (Å²) in [7, 11) is 5.65. The molecule has 9 heteroatoms. The largest absolute Gasteiger partial charge is 0.492 e. The minimum Gasteiger partial charge on any atom is -0.492 e. The zero-order chi connectivity index (χ0) is 38.7. The molecule has 1 spiro atoms. The van der Waals surface area contributed by atoms with Gasteiger partial charge in [-0.05, 0) is 116 Å². The van der Waals surface area contributed by atoms with Gasteiger partial charge in [0.15, 0.2) is 11.5 Å². The molecule has 0 amide bonds. The number of benzene rings is 1. The number of cyclic esters (lactones) is 1. The maximum absolute atomic E-state index is 13.3. The third kappa shape index (κ3) is 6.75. The van der Waals surface area contributed by atoms with Crippen molar-refractivity contribution in [3.05, 3.63) is 81.7 Å². The highest BCUT2D eigenvalue weighted by atomic mass is 33.1. The molecule has 12 atom stereocenters. The van der Waals surface area contributed by atoms with Crippen LogP contribution >= 0.6 is 21.6 Å². The van der Waals surface area contributed by atoms with E-state index in [1.54, 1.807) is 5.56 Å². The van der Waals surface area contributed by atoms with Gasteiger partial charge in [0.05, 0.1) is 19.8 Å². The number of esters is 1. The second kappa shape index (κ2) is 16.1. The summed E-state index contributed by atoms with van der Waals surface area (Å²) in [5.74, 6) is 6.58. The molecule has 5 aliphatic heterocycles. The molecule has 7 nitrogen and oxygen atoms in total. The molecular weight excluding hydrogens is 739 g/mol. The molecule has 5 fully saturated rings. The number of aliphatic hydroxyl groups excluding tert-OH is 2. The number of fused-ring (bicyclic) bond motifs is 6. The molecule has 8 aliphatic rings. The summed E-state index contributed by atoms with van der Waals surface area (Å²) in [6.45, 7) is 7.34. The Kier molecular flexibility index (Phi) is 11.3. The fourth-order valence-corrected chi connectivity index (χ4v) is 15.9. The molecule has 56 heavy (non-hydrogen) atoms. The number of aryl methyl sites for hydroxylation is 1. The van der Waals surface area contributed by atoms with Crippen LogP contribution in [0.3, 0.4) is 0 Å². The van der Waals surface area contributed by atoms with E-state index >= 15 is 0 Å². The summed E-state index contributed by atoms with van der Waals surface area (Å²) < 4.78 is 18.3. The van der Waals surface area contributed by atoms with E-state index in [0.717, 1.165) is 56.1 Å². The minimum absolute atomic E-state index is 0.0469. The summed E-state index contributed by atoms with van der Waals surface area (Å²) in [5.41, 5.74) is 4.87.